The van der Waals surface area contributed by atoms with Gasteiger partial charge >= 0.3 is 6.03 Å². The molecule has 0 saturated heterocycles. The molecule has 1 aliphatic rings. The van der Waals surface area contributed by atoms with Gasteiger partial charge in [-0.25, -0.2) is 4.79 Å². The first-order valence-corrected chi connectivity index (χ1v) is 9.20. The summed E-state index contributed by atoms with van der Waals surface area (Å²) in [4.78, 5) is 20.5. The molecule has 144 valence electrons. The van der Waals surface area contributed by atoms with Gasteiger partial charge in [0.2, 0.25) is 11.8 Å². The number of rotatable bonds is 5. The number of hydrogen-bond donors (Lipinski definition) is 2. The van der Waals surface area contributed by atoms with Crippen LogP contribution in [0.3, 0.4) is 0 Å². The SMILES string of the molecule is COc1cncc(OC2CCC(NC(=O)Nc3cc(C)cc(C)c3)CC2)n1. The number of methoxy groups -OCH3 is 1. The molecule has 1 aliphatic carbocycles. The number of nitrogens with one attached hydrogen (secondary N) is 2. The third-order valence-electron chi connectivity index (χ3n) is 4.58. The van der Waals surface area contributed by atoms with Crippen LogP contribution in [0, 0.1) is 13.8 Å². The number of aryl methyl sites for hydroxylation is 2. The maximum absolute atomic E-state index is 12.3. The summed E-state index contributed by atoms with van der Waals surface area (Å²) < 4.78 is 11.0. The molecule has 2 amide bonds. The second kappa shape index (κ2) is 8.70. The van der Waals surface area contributed by atoms with Crippen LogP contribution in [0.1, 0.15) is 36.8 Å². The molecule has 0 radical (unpaired) electrons. The highest BCUT2D eigenvalue weighted by Crippen LogP contribution is 2.23. The van der Waals surface area contributed by atoms with Crippen molar-refractivity contribution >= 4 is 11.7 Å². The summed E-state index contributed by atoms with van der Waals surface area (Å²) in [7, 11) is 1.55. The van der Waals surface area contributed by atoms with Gasteiger partial charge in [0.25, 0.3) is 0 Å². The van der Waals surface area contributed by atoms with Crippen molar-refractivity contribution in [3.8, 4) is 11.8 Å². The molecule has 0 aliphatic heterocycles. The third kappa shape index (κ3) is 5.57. The summed E-state index contributed by atoms with van der Waals surface area (Å²) in [6.45, 7) is 4.04. The zero-order valence-corrected chi connectivity index (χ0v) is 16.0. The molecule has 0 unspecified atom stereocenters. The first-order chi connectivity index (χ1) is 13.0. The van der Waals surface area contributed by atoms with E-state index in [2.05, 4.69) is 26.7 Å². The highest BCUT2D eigenvalue weighted by molar-refractivity contribution is 5.89. The summed E-state index contributed by atoms with van der Waals surface area (Å²) in [6, 6.07) is 5.99. The lowest BCUT2D eigenvalue weighted by atomic mass is 9.93. The van der Waals surface area contributed by atoms with E-state index in [1.54, 1.807) is 19.5 Å². The van der Waals surface area contributed by atoms with Gasteiger partial charge < -0.3 is 20.1 Å². The molecular formula is C20H26N4O3. The summed E-state index contributed by atoms with van der Waals surface area (Å²) in [5.41, 5.74) is 3.07. The maximum atomic E-state index is 12.3. The van der Waals surface area contributed by atoms with Crippen LogP contribution in [0.15, 0.2) is 30.6 Å². The highest BCUT2D eigenvalue weighted by atomic mass is 16.5. The van der Waals surface area contributed by atoms with Crippen LogP contribution in [0.4, 0.5) is 10.5 Å². The van der Waals surface area contributed by atoms with Crippen molar-refractivity contribution in [1.29, 1.82) is 0 Å². The predicted octanol–water partition coefficient (Wildman–Crippen LogP) is 3.61. The summed E-state index contributed by atoms with van der Waals surface area (Å²) in [6.07, 6.45) is 6.64. The summed E-state index contributed by atoms with van der Waals surface area (Å²) in [5, 5.41) is 5.98. The zero-order chi connectivity index (χ0) is 19.2. The van der Waals surface area contributed by atoms with E-state index < -0.39 is 0 Å². The van der Waals surface area contributed by atoms with Gasteiger partial charge in [-0.15, -0.1) is 0 Å². The van der Waals surface area contributed by atoms with Gasteiger partial charge in [-0.1, -0.05) is 6.07 Å². The molecular weight excluding hydrogens is 344 g/mol. The van der Waals surface area contributed by atoms with Crippen molar-refractivity contribution < 1.29 is 14.3 Å². The van der Waals surface area contributed by atoms with E-state index >= 15 is 0 Å². The lowest BCUT2D eigenvalue weighted by Crippen LogP contribution is -2.41. The van der Waals surface area contributed by atoms with E-state index in [4.69, 9.17) is 9.47 Å². The number of nitrogens with zero attached hydrogens (tertiary/aromatic N) is 2. The first-order valence-electron chi connectivity index (χ1n) is 9.20. The molecule has 1 heterocycles. The minimum Gasteiger partial charge on any atom is -0.480 e. The monoisotopic (exact) mass is 370 g/mol. The normalized spacial score (nSPS) is 19.2. The molecule has 1 fully saturated rings. The standard InChI is InChI=1S/C20H26N4O3/c1-13-8-14(2)10-16(9-13)23-20(25)22-15-4-6-17(7-5-15)27-19-12-21-11-18(24-19)26-3/h8-12,15,17H,4-7H2,1-3H3,(H2,22,23,25). The van der Waals surface area contributed by atoms with E-state index in [9.17, 15) is 4.79 Å². The number of ether oxygens (including phenoxy) is 2. The van der Waals surface area contributed by atoms with Crippen LogP contribution in [0.25, 0.3) is 0 Å². The van der Waals surface area contributed by atoms with Crippen LogP contribution in [0.5, 0.6) is 11.8 Å². The molecule has 2 aromatic rings. The van der Waals surface area contributed by atoms with Gasteiger partial charge in [-0.05, 0) is 62.8 Å². The molecule has 0 spiro atoms. The number of carbonyl (C=O) groups excluding carboxylic acids is 1. The summed E-state index contributed by atoms with van der Waals surface area (Å²) in [5.74, 6) is 0.907. The second-order valence-corrected chi connectivity index (χ2v) is 6.97. The Labute approximate surface area is 159 Å². The van der Waals surface area contributed by atoms with E-state index in [0.29, 0.717) is 11.8 Å². The van der Waals surface area contributed by atoms with Gasteiger partial charge in [0.15, 0.2) is 0 Å². The molecule has 7 heteroatoms. The van der Waals surface area contributed by atoms with Crippen LogP contribution in [-0.4, -0.2) is 35.3 Å². The van der Waals surface area contributed by atoms with Crippen molar-refractivity contribution in [2.24, 2.45) is 0 Å². The highest BCUT2D eigenvalue weighted by Gasteiger charge is 2.24. The van der Waals surface area contributed by atoms with Gasteiger partial charge in [0, 0.05) is 11.7 Å². The van der Waals surface area contributed by atoms with Crippen LogP contribution in [0.2, 0.25) is 0 Å². The number of urea groups is 1. The Morgan fingerprint density at radius 2 is 1.70 bits per heavy atom. The number of amides is 2. The Morgan fingerprint density at radius 3 is 2.37 bits per heavy atom. The molecule has 0 bridgehead atoms. The molecule has 1 aromatic carbocycles. The van der Waals surface area contributed by atoms with Gasteiger partial charge in [-0.3, -0.25) is 4.98 Å². The van der Waals surface area contributed by atoms with Crippen molar-refractivity contribution in [3.05, 3.63) is 41.7 Å². The smallest absolute Gasteiger partial charge is 0.319 e. The Bertz CT molecular complexity index is 768. The number of aromatic nitrogens is 2. The molecule has 1 aromatic heterocycles. The Hall–Kier alpha value is -2.83. The van der Waals surface area contributed by atoms with Crippen LogP contribution < -0.4 is 20.1 Å². The molecule has 7 nitrogen and oxygen atoms in total. The molecule has 0 atom stereocenters. The van der Waals surface area contributed by atoms with E-state index in [1.807, 2.05) is 26.0 Å². The number of anilines is 1. The van der Waals surface area contributed by atoms with Crippen molar-refractivity contribution in [1.82, 2.24) is 15.3 Å². The lowest BCUT2D eigenvalue weighted by Gasteiger charge is -2.29. The van der Waals surface area contributed by atoms with Gasteiger partial charge in [0.05, 0.1) is 19.5 Å². The number of hydrogen-bond acceptors (Lipinski definition) is 5. The van der Waals surface area contributed by atoms with Crippen LogP contribution >= 0.6 is 0 Å². The quantitative estimate of drug-likeness (QED) is 0.840. The largest absolute Gasteiger partial charge is 0.480 e. The average molecular weight is 370 g/mol. The fraction of sp³-hybridized carbons (Fsp3) is 0.450. The minimum atomic E-state index is -0.164. The van der Waals surface area contributed by atoms with E-state index in [-0.39, 0.29) is 18.2 Å². The average Bonchev–Trinajstić information content (AvgIpc) is 2.62. The molecule has 3 rings (SSSR count). The number of benzene rings is 1. The third-order valence-corrected chi connectivity index (χ3v) is 4.58. The minimum absolute atomic E-state index is 0.0759. The Kier molecular flexibility index (Phi) is 6.11. The Balaban J connectivity index is 1.45. The van der Waals surface area contributed by atoms with Crippen molar-refractivity contribution in [2.75, 3.05) is 12.4 Å². The molecule has 2 N–H and O–H groups in total. The first kappa shape index (κ1) is 18.9. The predicted molar refractivity (Wildman–Crippen MR) is 103 cm³/mol. The van der Waals surface area contributed by atoms with Crippen molar-refractivity contribution in [2.45, 2.75) is 51.7 Å². The second-order valence-electron chi connectivity index (χ2n) is 6.97. The van der Waals surface area contributed by atoms with E-state index in [1.165, 1.54) is 0 Å². The zero-order valence-electron chi connectivity index (χ0n) is 16.0. The fourth-order valence-electron chi connectivity index (χ4n) is 3.38. The lowest BCUT2D eigenvalue weighted by molar-refractivity contribution is 0.134. The molecule has 27 heavy (non-hydrogen) atoms. The topological polar surface area (TPSA) is 85.4 Å². The van der Waals surface area contributed by atoms with Gasteiger partial charge in [0.1, 0.15) is 6.10 Å². The molecule has 1 saturated carbocycles. The Morgan fingerprint density at radius 1 is 1.04 bits per heavy atom. The summed E-state index contributed by atoms with van der Waals surface area (Å²) >= 11 is 0. The van der Waals surface area contributed by atoms with Crippen molar-refractivity contribution in [3.63, 3.8) is 0 Å². The number of carbonyl (C=O) groups is 1. The van der Waals surface area contributed by atoms with Crippen LogP contribution in [-0.2, 0) is 0 Å². The van der Waals surface area contributed by atoms with E-state index in [0.717, 1.165) is 42.5 Å². The fourth-order valence-corrected chi connectivity index (χ4v) is 3.38. The maximum Gasteiger partial charge on any atom is 0.319 e. The van der Waals surface area contributed by atoms with Gasteiger partial charge in [-0.2, -0.15) is 4.98 Å².